The largest absolute Gasteiger partial charge is 0.507 e. The molecule has 0 amide bonds. The normalized spacial score (nSPS) is 16.4. The van der Waals surface area contributed by atoms with Gasteiger partial charge in [0, 0.05) is 11.6 Å². The summed E-state index contributed by atoms with van der Waals surface area (Å²) in [5, 5.41) is 9.68. The van der Waals surface area contributed by atoms with Gasteiger partial charge in [0.25, 0.3) is 0 Å². The van der Waals surface area contributed by atoms with E-state index < -0.39 is 0 Å². The van der Waals surface area contributed by atoms with Gasteiger partial charge in [-0.15, -0.1) is 0 Å². The molecule has 16 heavy (non-hydrogen) atoms. The van der Waals surface area contributed by atoms with Crippen molar-refractivity contribution in [3.8, 4) is 11.5 Å². The minimum Gasteiger partial charge on any atom is -0.507 e. The van der Waals surface area contributed by atoms with Gasteiger partial charge in [-0.2, -0.15) is 0 Å². The first-order chi connectivity index (χ1) is 7.44. The second kappa shape index (κ2) is 3.37. The van der Waals surface area contributed by atoms with Gasteiger partial charge in [0.15, 0.2) is 6.29 Å². The number of ether oxygens (including phenoxy) is 1. The van der Waals surface area contributed by atoms with E-state index in [4.69, 9.17) is 4.74 Å². The number of phenols is 1. The van der Waals surface area contributed by atoms with E-state index in [2.05, 4.69) is 0 Å². The third-order valence-corrected chi connectivity index (χ3v) is 2.76. The van der Waals surface area contributed by atoms with Crippen LogP contribution >= 0.6 is 0 Å². The molecule has 0 saturated carbocycles. The third kappa shape index (κ3) is 1.58. The fourth-order valence-electron chi connectivity index (χ4n) is 1.84. The molecule has 2 rings (SSSR count). The number of fused-ring (bicyclic) bond motifs is 1. The van der Waals surface area contributed by atoms with E-state index >= 15 is 0 Å². The van der Waals surface area contributed by atoms with Crippen LogP contribution in [0.1, 0.15) is 35.3 Å². The van der Waals surface area contributed by atoms with Crippen LogP contribution in [-0.2, 0) is 0 Å². The Hall–Kier alpha value is -1.77. The van der Waals surface area contributed by atoms with Crippen molar-refractivity contribution >= 4 is 12.4 Å². The zero-order valence-corrected chi connectivity index (χ0v) is 9.57. The van der Waals surface area contributed by atoms with Crippen LogP contribution in [0.2, 0.25) is 0 Å². The van der Waals surface area contributed by atoms with Crippen molar-refractivity contribution in [1.29, 1.82) is 0 Å². The number of carbonyl (C=O) groups excluding carboxylic acids is 1. The smallest absolute Gasteiger partial charge is 0.154 e. The number of carbonyl (C=O) groups is 1. The van der Waals surface area contributed by atoms with Crippen LogP contribution in [0.3, 0.4) is 0 Å². The third-order valence-electron chi connectivity index (χ3n) is 2.76. The predicted octanol–water partition coefficient (Wildman–Crippen LogP) is 2.70. The lowest BCUT2D eigenvalue weighted by molar-refractivity contribution is 0.112. The van der Waals surface area contributed by atoms with Gasteiger partial charge in [-0.25, -0.2) is 0 Å². The maximum absolute atomic E-state index is 10.8. The van der Waals surface area contributed by atoms with E-state index in [-0.39, 0.29) is 11.4 Å². The van der Waals surface area contributed by atoms with Crippen molar-refractivity contribution in [2.75, 3.05) is 0 Å². The molecule has 0 atom stereocenters. The van der Waals surface area contributed by atoms with Crippen molar-refractivity contribution in [2.45, 2.75) is 26.4 Å². The van der Waals surface area contributed by atoms with Gasteiger partial charge in [-0.1, -0.05) is 6.08 Å². The summed E-state index contributed by atoms with van der Waals surface area (Å²) in [7, 11) is 0. The van der Waals surface area contributed by atoms with Gasteiger partial charge in [-0.05, 0) is 32.4 Å². The summed E-state index contributed by atoms with van der Waals surface area (Å²) in [5.74, 6) is 0.588. The van der Waals surface area contributed by atoms with Gasteiger partial charge in [0.2, 0.25) is 0 Å². The number of hydrogen-bond donors (Lipinski definition) is 1. The predicted molar refractivity (Wildman–Crippen MR) is 62.0 cm³/mol. The Morgan fingerprint density at radius 1 is 1.44 bits per heavy atom. The standard InChI is InChI=1S/C13H14O3/c1-8-9-4-5-13(2,3)16-12(9)6-11(15)10(8)7-14/h4-7,15H,1-3H3. The quantitative estimate of drug-likeness (QED) is 0.737. The molecular weight excluding hydrogens is 204 g/mol. The average Bonchev–Trinajstić information content (AvgIpc) is 2.16. The average molecular weight is 218 g/mol. The van der Waals surface area contributed by atoms with E-state index in [0.717, 1.165) is 11.1 Å². The Labute approximate surface area is 94.4 Å². The number of hydrogen-bond acceptors (Lipinski definition) is 3. The van der Waals surface area contributed by atoms with Crippen LogP contribution in [0.15, 0.2) is 12.1 Å². The maximum Gasteiger partial charge on any atom is 0.154 e. The molecular formula is C13H14O3. The van der Waals surface area contributed by atoms with Crippen LogP contribution in [0.4, 0.5) is 0 Å². The molecule has 0 aliphatic carbocycles. The van der Waals surface area contributed by atoms with Crippen molar-refractivity contribution in [3.05, 3.63) is 28.8 Å². The van der Waals surface area contributed by atoms with E-state index in [1.807, 2.05) is 26.0 Å². The number of benzene rings is 1. The summed E-state index contributed by atoms with van der Waals surface area (Å²) in [6, 6.07) is 1.50. The molecule has 0 radical (unpaired) electrons. The van der Waals surface area contributed by atoms with E-state index in [0.29, 0.717) is 17.6 Å². The fourth-order valence-corrected chi connectivity index (χ4v) is 1.84. The highest BCUT2D eigenvalue weighted by molar-refractivity contribution is 5.85. The van der Waals surface area contributed by atoms with Crippen LogP contribution in [0, 0.1) is 6.92 Å². The van der Waals surface area contributed by atoms with Gasteiger partial charge >= 0.3 is 0 Å². The highest BCUT2D eigenvalue weighted by Gasteiger charge is 2.24. The zero-order chi connectivity index (χ0) is 11.9. The molecule has 0 unspecified atom stereocenters. The van der Waals surface area contributed by atoms with E-state index in [1.54, 1.807) is 6.92 Å². The molecule has 1 aliphatic heterocycles. The lowest BCUT2D eigenvalue weighted by atomic mass is 9.96. The Kier molecular flexibility index (Phi) is 2.26. The zero-order valence-electron chi connectivity index (χ0n) is 9.57. The Morgan fingerprint density at radius 3 is 2.75 bits per heavy atom. The Morgan fingerprint density at radius 2 is 2.12 bits per heavy atom. The summed E-state index contributed by atoms with van der Waals surface area (Å²) >= 11 is 0. The summed E-state index contributed by atoms with van der Waals surface area (Å²) in [4.78, 5) is 10.8. The van der Waals surface area contributed by atoms with Gasteiger partial charge in [0.05, 0.1) is 5.56 Å². The number of aldehydes is 1. The van der Waals surface area contributed by atoms with E-state index in [1.165, 1.54) is 6.07 Å². The lowest BCUT2D eigenvalue weighted by Crippen LogP contribution is -2.27. The molecule has 1 N–H and O–H groups in total. The SMILES string of the molecule is Cc1c(C=O)c(O)cc2c1C=CC(C)(C)O2. The minimum absolute atomic E-state index is 0.0302. The molecule has 1 heterocycles. The second-order valence-corrected chi connectivity index (χ2v) is 4.50. The number of rotatable bonds is 1. The lowest BCUT2D eigenvalue weighted by Gasteiger charge is -2.29. The first kappa shape index (κ1) is 10.7. The molecule has 1 aromatic carbocycles. The Balaban J connectivity index is 2.65. The van der Waals surface area contributed by atoms with Gasteiger partial charge < -0.3 is 9.84 Å². The molecule has 0 aromatic heterocycles. The van der Waals surface area contributed by atoms with Crippen molar-refractivity contribution in [2.24, 2.45) is 0 Å². The molecule has 0 spiro atoms. The minimum atomic E-state index is -0.380. The molecule has 1 aliphatic rings. The Bertz CT molecular complexity index is 484. The molecule has 84 valence electrons. The first-order valence-electron chi connectivity index (χ1n) is 5.14. The summed E-state index contributed by atoms with van der Waals surface area (Å²) in [5.41, 5.74) is 1.55. The van der Waals surface area contributed by atoms with Gasteiger partial charge in [-0.3, -0.25) is 4.79 Å². The van der Waals surface area contributed by atoms with Crippen LogP contribution < -0.4 is 4.74 Å². The van der Waals surface area contributed by atoms with Crippen LogP contribution in [0.25, 0.3) is 6.08 Å². The monoisotopic (exact) mass is 218 g/mol. The van der Waals surface area contributed by atoms with Crippen LogP contribution in [-0.4, -0.2) is 17.0 Å². The molecule has 1 aromatic rings. The number of aromatic hydroxyl groups is 1. The van der Waals surface area contributed by atoms with E-state index in [9.17, 15) is 9.90 Å². The topological polar surface area (TPSA) is 46.5 Å². The molecule has 0 bridgehead atoms. The molecule has 0 fully saturated rings. The number of phenolic OH excluding ortho intramolecular Hbond substituents is 1. The summed E-state index contributed by atoms with van der Waals surface area (Å²) < 4.78 is 5.72. The maximum atomic E-state index is 10.8. The van der Waals surface area contributed by atoms with Crippen molar-refractivity contribution < 1.29 is 14.6 Å². The molecule has 0 saturated heterocycles. The van der Waals surface area contributed by atoms with Crippen molar-refractivity contribution in [1.82, 2.24) is 0 Å². The highest BCUT2D eigenvalue weighted by Crippen LogP contribution is 2.37. The highest BCUT2D eigenvalue weighted by atomic mass is 16.5. The van der Waals surface area contributed by atoms with Crippen LogP contribution in [0.5, 0.6) is 11.5 Å². The summed E-state index contributed by atoms with van der Waals surface area (Å²) in [6.07, 6.45) is 4.53. The first-order valence-corrected chi connectivity index (χ1v) is 5.14. The summed E-state index contributed by atoms with van der Waals surface area (Å²) in [6.45, 7) is 5.67. The fraction of sp³-hybridized carbons (Fsp3) is 0.308. The second-order valence-electron chi connectivity index (χ2n) is 4.50. The van der Waals surface area contributed by atoms with Crippen molar-refractivity contribution in [3.63, 3.8) is 0 Å². The molecule has 3 heteroatoms. The molecule has 3 nitrogen and oxygen atoms in total. The van der Waals surface area contributed by atoms with Gasteiger partial charge in [0.1, 0.15) is 17.1 Å².